The monoisotopic (exact) mass is 376 g/mol. The van der Waals surface area contributed by atoms with Gasteiger partial charge in [0.15, 0.2) is 12.2 Å². The summed E-state index contributed by atoms with van der Waals surface area (Å²) in [5, 5.41) is 18.7. The summed E-state index contributed by atoms with van der Waals surface area (Å²) in [5.41, 5.74) is 0. The Labute approximate surface area is 150 Å². The quantitative estimate of drug-likeness (QED) is 0.530. The van der Waals surface area contributed by atoms with E-state index < -0.39 is 12.2 Å². The number of aliphatic hydroxyl groups excluding tert-OH is 2. The van der Waals surface area contributed by atoms with Crippen LogP contribution in [0.4, 0.5) is 0 Å². The second kappa shape index (κ2) is 8.15. The molecule has 4 aliphatic rings. The van der Waals surface area contributed by atoms with Crippen molar-refractivity contribution in [2.24, 2.45) is 0 Å². The summed E-state index contributed by atoms with van der Waals surface area (Å²) in [5.74, 6) is -0.696. The molecule has 0 unspecified atom stereocenters. The zero-order valence-electron chi connectivity index (χ0n) is 14.6. The molecule has 4 saturated heterocycles. The molecule has 10 nitrogen and oxygen atoms in total. The van der Waals surface area contributed by atoms with Gasteiger partial charge in [0.05, 0.1) is 26.4 Å². The van der Waals surface area contributed by atoms with Crippen LogP contribution < -0.4 is 0 Å². The van der Waals surface area contributed by atoms with Gasteiger partial charge in [-0.3, -0.25) is 9.59 Å². The zero-order valence-corrected chi connectivity index (χ0v) is 14.6. The van der Waals surface area contributed by atoms with Crippen LogP contribution in [-0.2, 0) is 38.0 Å². The van der Waals surface area contributed by atoms with Crippen LogP contribution in [0.15, 0.2) is 0 Å². The number of hydrogen-bond donors (Lipinski definition) is 2. The Morgan fingerprint density at radius 3 is 1.38 bits per heavy atom. The molecule has 0 aliphatic carbocycles. The normalized spacial score (nSPS) is 43.2. The molecule has 148 valence electrons. The maximum Gasteiger partial charge on any atom is 0.303 e. The summed E-state index contributed by atoms with van der Waals surface area (Å²) in [6.45, 7) is 3.83. The fourth-order valence-corrected chi connectivity index (χ4v) is 3.52. The number of esters is 2. The van der Waals surface area contributed by atoms with Crippen LogP contribution in [0.25, 0.3) is 0 Å². The molecule has 0 aromatic heterocycles. The van der Waals surface area contributed by atoms with Crippen molar-refractivity contribution in [3.05, 3.63) is 0 Å². The maximum atomic E-state index is 10.7. The third-order valence-corrected chi connectivity index (χ3v) is 4.60. The highest BCUT2D eigenvalue weighted by molar-refractivity contribution is 5.66. The lowest BCUT2D eigenvalue weighted by atomic mass is 10.1. The van der Waals surface area contributed by atoms with Crippen molar-refractivity contribution >= 4 is 11.9 Å². The van der Waals surface area contributed by atoms with Crippen LogP contribution >= 0.6 is 0 Å². The standard InChI is InChI=1S/2C8H12O5/c2*1-4(9)13-6-3-12-7-5(10)2-11-8(6)7/h2*5-8,10H,2-3H2,1H3/t5-,6+,7+,8+;5-,6+,7-,8-/m01/s1. The highest BCUT2D eigenvalue weighted by Crippen LogP contribution is 2.29. The Balaban J connectivity index is 0.000000151. The molecular formula is C16H24O10. The Morgan fingerprint density at radius 1 is 0.692 bits per heavy atom. The van der Waals surface area contributed by atoms with Crippen LogP contribution in [0.3, 0.4) is 0 Å². The second-order valence-corrected chi connectivity index (χ2v) is 6.62. The fourth-order valence-electron chi connectivity index (χ4n) is 3.52. The zero-order chi connectivity index (χ0) is 18.8. The minimum absolute atomic E-state index is 0.257. The van der Waals surface area contributed by atoms with E-state index in [0.717, 1.165) is 0 Å². The SMILES string of the molecule is CC(=O)O[C@@H]1CO[C@H]2[C@@H]1OC[C@@H]2O.CC(=O)O[C@H]1CO[C@H]2[C@@H]1OC[C@H]2O. The molecule has 4 rings (SSSR count). The predicted molar refractivity (Wildman–Crippen MR) is 82.1 cm³/mol. The molecule has 8 atom stereocenters. The van der Waals surface area contributed by atoms with Gasteiger partial charge in [-0.25, -0.2) is 0 Å². The molecule has 26 heavy (non-hydrogen) atoms. The number of fused-ring (bicyclic) bond motifs is 2. The van der Waals surface area contributed by atoms with E-state index in [1.165, 1.54) is 13.8 Å². The van der Waals surface area contributed by atoms with E-state index in [9.17, 15) is 19.8 Å². The summed E-state index contributed by atoms with van der Waals surface area (Å²) >= 11 is 0. The highest BCUT2D eigenvalue weighted by atomic mass is 16.6. The first kappa shape index (κ1) is 19.5. The lowest BCUT2D eigenvalue weighted by Crippen LogP contribution is -2.33. The summed E-state index contributed by atoms with van der Waals surface area (Å²) in [6.07, 6.45) is -3.15. The van der Waals surface area contributed by atoms with Gasteiger partial charge in [-0.05, 0) is 0 Å². The molecule has 0 amide bonds. The topological polar surface area (TPSA) is 130 Å². The summed E-state index contributed by atoms with van der Waals surface area (Å²) < 4.78 is 30.9. The van der Waals surface area contributed by atoms with E-state index in [0.29, 0.717) is 13.2 Å². The third kappa shape index (κ3) is 4.16. The number of hydrogen-bond acceptors (Lipinski definition) is 10. The van der Waals surface area contributed by atoms with E-state index in [-0.39, 0.29) is 61.8 Å². The first-order valence-corrected chi connectivity index (χ1v) is 8.53. The number of carbonyl (C=O) groups is 2. The number of aliphatic hydroxyl groups is 2. The van der Waals surface area contributed by atoms with E-state index >= 15 is 0 Å². The minimum Gasteiger partial charge on any atom is -0.457 e. The van der Waals surface area contributed by atoms with Crippen LogP contribution in [-0.4, -0.2) is 97.4 Å². The van der Waals surface area contributed by atoms with Crippen molar-refractivity contribution in [2.75, 3.05) is 26.4 Å². The maximum absolute atomic E-state index is 10.7. The van der Waals surface area contributed by atoms with Crippen molar-refractivity contribution in [3.8, 4) is 0 Å². The minimum atomic E-state index is -0.592. The molecule has 0 saturated carbocycles. The lowest BCUT2D eigenvalue weighted by Gasteiger charge is -2.14. The van der Waals surface area contributed by atoms with Crippen molar-refractivity contribution in [1.82, 2.24) is 0 Å². The largest absolute Gasteiger partial charge is 0.457 e. The molecular weight excluding hydrogens is 352 g/mol. The van der Waals surface area contributed by atoms with Crippen molar-refractivity contribution in [2.45, 2.75) is 62.7 Å². The molecule has 4 aliphatic heterocycles. The third-order valence-electron chi connectivity index (χ3n) is 4.60. The smallest absolute Gasteiger partial charge is 0.303 e. The second-order valence-electron chi connectivity index (χ2n) is 6.62. The van der Waals surface area contributed by atoms with Gasteiger partial charge in [-0.1, -0.05) is 0 Å². The Bertz CT molecular complexity index is 479. The molecule has 10 heteroatoms. The van der Waals surface area contributed by atoms with Crippen LogP contribution in [0.2, 0.25) is 0 Å². The number of ether oxygens (including phenoxy) is 6. The summed E-state index contributed by atoms with van der Waals surface area (Å²) in [7, 11) is 0. The summed E-state index contributed by atoms with van der Waals surface area (Å²) in [6, 6.07) is 0. The Kier molecular flexibility index (Phi) is 6.10. The van der Waals surface area contributed by atoms with E-state index in [1.807, 2.05) is 0 Å². The van der Waals surface area contributed by atoms with Gasteiger partial charge in [0, 0.05) is 13.8 Å². The van der Waals surface area contributed by atoms with Gasteiger partial charge < -0.3 is 38.6 Å². The van der Waals surface area contributed by atoms with Gasteiger partial charge in [0.2, 0.25) is 0 Å². The van der Waals surface area contributed by atoms with Crippen LogP contribution in [0.1, 0.15) is 13.8 Å². The number of carbonyl (C=O) groups excluding carboxylic acids is 2. The van der Waals surface area contributed by atoms with Crippen LogP contribution in [0.5, 0.6) is 0 Å². The first-order valence-electron chi connectivity index (χ1n) is 8.53. The van der Waals surface area contributed by atoms with Crippen molar-refractivity contribution in [1.29, 1.82) is 0 Å². The molecule has 0 aromatic rings. The van der Waals surface area contributed by atoms with Gasteiger partial charge in [-0.2, -0.15) is 0 Å². The molecule has 2 N–H and O–H groups in total. The van der Waals surface area contributed by atoms with Crippen molar-refractivity contribution < 1.29 is 48.2 Å². The molecule has 0 bridgehead atoms. The van der Waals surface area contributed by atoms with E-state index in [4.69, 9.17) is 28.4 Å². The molecule has 0 aromatic carbocycles. The average molecular weight is 376 g/mol. The Hall–Kier alpha value is -1.30. The molecule has 4 fully saturated rings. The fraction of sp³-hybridized carbons (Fsp3) is 0.875. The summed E-state index contributed by atoms with van der Waals surface area (Å²) in [4.78, 5) is 21.3. The van der Waals surface area contributed by atoms with E-state index in [1.54, 1.807) is 0 Å². The van der Waals surface area contributed by atoms with Gasteiger partial charge >= 0.3 is 11.9 Å². The van der Waals surface area contributed by atoms with Crippen molar-refractivity contribution in [3.63, 3.8) is 0 Å². The van der Waals surface area contributed by atoms with Gasteiger partial charge in [0.25, 0.3) is 0 Å². The van der Waals surface area contributed by atoms with Gasteiger partial charge in [-0.15, -0.1) is 0 Å². The van der Waals surface area contributed by atoms with Gasteiger partial charge in [0.1, 0.15) is 36.6 Å². The van der Waals surface area contributed by atoms with E-state index in [2.05, 4.69) is 0 Å². The molecule has 0 radical (unpaired) electrons. The Morgan fingerprint density at radius 2 is 1.04 bits per heavy atom. The highest BCUT2D eigenvalue weighted by Gasteiger charge is 2.49. The lowest BCUT2D eigenvalue weighted by molar-refractivity contribution is -0.151. The molecule has 4 heterocycles. The average Bonchev–Trinajstić information content (AvgIpc) is 3.29. The predicted octanol–water partition coefficient (Wildman–Crippen LogP) is -1.85. The first-order chi connectivity index (χ1) is 12.4. The molecule has 0 spiro atoms. The number of rotatable bonds is 2. The van der Waals surface area contributed by atoms with Crippen LogP contribution in [0, 0.1) is 0 Å².